The van der Waals surface area contributed by atoms with Crippen LogP contribution in [0, 0.1) is 0 Å². The van der Waals surface area contributed by atoms with Gasteiger partial charge in [0.2, 0.25) is 5.91 Å². The number of ether oxygens (including phenoxy) is 1. The maximum atomic E-state index is 11.5. The van der Waals surface area contributed by atoms with Gasteiger partial charge in [-0.15, -0.1) is 0 Å². The minimum Gasteiger partial charge on any atom is -0.376 e. The molecule has 1 aliphatic rings. The second-order valence-corrected chi connectivity index (χ2v) is 4.71. The van der Waals surface area contributed by atoms with Crippen LogP contribution >= 0.6 is 0 Å². The molecule has 0 bridgehead atoms. The summed E-state index contributed by atoms with van der Waals surface area (Å²) in [6, 6.07) is 3.31. The van der Waals surface area contributed by atoms with Crippen LogP contribution in [-0.4, -0.2) is 35.9 Å². The highest BCUT2D eigenvalue weighted by atomic mass is 16.5. The zero-order valence-electron chi connectivity index (χ0n) is 11.7. The van der Waals surface area contributed by atoms with Crippen LogP contribution in [0.2, 0.25) is 0 Å². The number of anilines is 2. The van der Waals surface area contributed by atoms with Crippen molar-refractivity contribution in [2.45, 2.75) is 32.8 Å². The Labute approximate surface area is 117 Å². The number of Topliss-reactive ketones (excluding diaryl/α,β-unsaturated/α-hetero) is 1. The van der Waals surface area contributed by atoms with Crippen LogP contribution in [-0.2, 0) is 9.53 Å². The molecule has 6 nitrogen and oxygen atoms in total. The van der Waals surface area contributed by atoms with Gasteiger partial charge in [0.1, 0.15) is 5.69 Å². The lowest BCUT2D eigenvalue weighted by molar-refractivity contribution is -0.115. The van der Waals surface area contributed by atoms with Gasteiger partial charge in [0.05, 0.1) is 11.8 Å². The van der Waals surface area contributed by atoms with E-state index in [1.165, 1.54) is 6.92 Å². The molecule has 1 aromatic rings. The molecule has 1 aromatic heterocycles. The Balaban J connectivity index is 2.14. The van der Waals surface area contributed by atoms with E-state index in [0.29, 0.717) is 30.2 Å². The molecule has 2 rings (SSSR count). The van der Waals surface area contributed by atoms with Crippen LogP contribution in [0.25, 0.3) is 0 Å². The van der Waals surface area contributed by atoms with Crippen LogP contribution in [0.1, 0.15) is 37.2 Å². The lowest BCUT2D eigenvalue weighted by atomic mass is 10.2. The Hall–Kier alpha value is -1.95. The molecule has 2 heterocycles. The fourth-order valence-electron chi connectivity index (χ4n) is 1.79. The molecular formula is C14H19N3O3. The fourth-order valence-corrected chi connectivity index (χ4v) is 1.79. The Kier molecular flexibility index (Phi) is 4.68. The Morgan fingerprint density at radius 3 is 2.75 bits per heavy atom. The first-order chi connectivity index (χ1) is 9.60. The van der Waals surface area contributed by atoms with Crippen LogP contribution in [0.4, 0.5) is 11.5 Å². The van der Waals surface area contributed by atoms with E-state index in [1.807, 2.05) is 0 Å². The molecule has 1 aliphatic heterocycles. The second kappa shape index (κ2) is 6.47. The molecule has 0 spiro atoms. The van der Waals surface area contributed by atoms with Gasteiger partial charge in [-0.2, -0.15) is 0 Å². The summed E-state index contributed by atoms with van der Waals surface area (Å²) >= 11 is 0. The van der Waals surface area contributed by atoms with Crippen molar-refractivity contribution >= 4 is 23.2 Å². The van der Waals surface area contributed by atoms with Crippen molar-refractivity contribution < 1.29 is 14.3 Å². The normalized spacial score (nSPS) is 17.2. The van der Waals surface area contributed by atoms with E-state index >= 15 is 0 Å². The molecule has 0 aliphatic carbocycles. The smallest absolute Gasteiger partial charge is 0.224 e. The van der Waals surface area contributed by atoms with Gasteiger partial charge in [0, 0.05) is 26.5 Å². The maximum absolute atomic E-state index is 11.5. The van der Waals surface area contributed by atoms with E-state index in [2.05, 4.69) is 15.6 Å². The van der Waals surface area contributed by atoms with E-state index < -0.39 is 0 Å². The molecular weight excluding hydrogens is 258 g/mol. The van der Waals surface area contributed by atoms with Gasteiger partial charge in [-0.1, -0.05) is 6.92 Å². The topological polar surface area (TPSA) is 80.3 Å². The van der Waals surface area contributed by atoms with Crippen molar-refractivity contribution in [3.8, 4) is 0 Å². The first-order valence-electron chi connectivity index (χ1n) is 6.77. The third-order valence-corrected chi connectivity index (χ3v) is 3.14. The van der Waals surface area contributed by atoms with E-state index in [0.717, 1.165) is 13.0 Å². The molecule has 1 atom stereocenters. The van der Waals surface area contributed by atoms with E-state index in [9.17, 15) is 9.59 Å². The second-order valence-electron chi connectivity index (χ2n) is 4.71. The van der Waals surface area contributed by atoms with Crippen LogP contribution in [0.15, 0.2) is 12.1 Å². The van der Waals surface area contributed by atoms with Gasteiger partial charge < -0.3 is 15.4 Å². The number of rotatable bonds is 6. The molecule has 0 unspecified atom stereocenters. The quantitative estimate of drug-likeness (QED) is 0.775. The highest BCUT2D eigenvalue weighted by Crippen LogP contribution is 2.21. The van der Waals surface area contributed by atoms with Gasteiger partial charge in [-0.05, 0) is 18.6 Å². The standard InChI is InChI=1S/C14H19N3O3/c1-3-13(19)16-12-5-4-11(9(2)18)17-14(12)15-8-10-6-7-20-10/h4-5,10H,3,6-8H2,1-2H3,(H,15,17)(H,16,19)/t10-/m0/s1. The third-order valence-electron chi connectivity index (χ3n) is 3.14. The first-order valence-corrected chi connectivity index (χ1v) is 6.77. The van der Waals surface area contributed by atoms with E-state index in [-0.39, 0.29) is 17.8 Å². The number of nitrogens with one attached hydrogen (secondary N) is 2. The average molecular weight is 277 g/mol. The van der Waals surface area contributed by atoms with Crippen LogP contribution in [0.5, 0.6) is 0 Å². The van der Waals surface area contributed by atoms with Gasteiger partial charge in [0.15, 0.2) is 11.6 Å². The molecule has 1 amide bonds. The lowest BCUT2D eigenvalue weighted by Crippen LogP contribution is -2.34. The Bertz CT molecular complexity index is 512. The summed E-state index contributed by atoms with van der Waals surface area (Å²) < 4.78 is 5.33. The average Bonchev–Trinajstić information content (AvgIpc) is 2.38. The van der Waals surface area contributed by atoms with Crippen LogP contribution < -0.4 is 10.6 Å². The molecule has 1 fully saturated rings. The van der Waals surface area contributed by atoms with Crippen molar-refractivity contribution in [3.63, 3.8) is 0 Å². The number of hydrogen-bond donors (Lipinski definition) is 2. The number of amides is 1. The molecule has 0 radical (unpaired) electrons. The first kappa shape index (κ1) is 14.5. The number of ketones is 1. The minimum absolute atomic E-state index is 0.0923. The third kappa shape index (κ3) is 3.54. The van der Waals surface area contributed by atoms with Crippen molar-refractivity contribution in [1.82, 2.24) is 4.98 Å². The minimum atomic E-state index is -0.110. The van der Waals surface area contributed by atoms with Crippen molar-refractivity contribution in [2.24, 2.45) is 0 Å². The van der Waals surface area contributed by atoms with E-state index in [1.54, 1.807) is 19.1 Å². The highest BCUT2D eigenvalue weighted by Gasteiger charge is 2.19. The number of carbonyl (C=O) groups is 2. The predicted octanol–water partition coefficient (Wildman–Crippen LogP) is 1.83. The van der Waals surface area contributed by atoms with Crippen molar-refractivity contribution in [3.05, 3.63) is 17.8 Å². The zero-order chi connectivity index (χ0) is 14.5. The zero-order valence-corrected chi connectivity index (χ0v) is 11.7. The molecule has 108 valence electrons. The molecule has 20 heavy (non-hydrogen) atoms. The summed E-state index contributed by atoms with van der Waals surface area (Å²) in [6.45, 7) is 4.64. The largest absolute Gasteiger partial charge is 0.376 e. The molecule has 2 N–H and O–H groups in total. The predicted molar refractivity (Wildman–Crippen MR) is 76.0 cm³/mol. The number of nitrogens with zero attached hydrogens (tertiary/aromatic N) is 1. The SMILES string of the molecule is CCC(=O)Nc1ccc(C(C)=O)nc1NC[C@@H]1CCO1. The number of hydrogen-bond acceptors (Lipinski definition) is 5. The summed E-state index contributed by atoms with van der Waals surface area (Å²) in [5.41, 5.74) is 0.956. The maximum Gasteiger partial charge on any atom is 0.224 e. The monoisotopic (exact) mass is 277 g/mol. The summed E-state index contributed by atoms with van der Waals surface area (Å²) in [5, 5.41) is 5.91. The summed E-state index contributed by atoms with van der Waals surface area (Å²) in [5.74, 6) is 0.307. The van der Waals surface area contributed by atoms with Crippen LogP contribution in [0.3, 0.4) is 0 Å². The lowest BCUT2D eigenvalue weighted by Gasteiger charge is -2.27. The molecule has 0 aromatic carbocycles. The van der Waals surface area contributed by atoms with Gasteiger partial charge in [0.25, 0.3) is 0 Å². The molecule has 6 heteroatoms. The van der Waals surface area contributed by atoms with E-state index in [4.69, 9.17) is 4.74 Å². The van der Waals surface area contributed by atoms with Gasteiger partial charge in [-0.25, -0.2) is 4.98 Å². The molecule has 1 saturated heterocycles. The molecule has 0 saturated carbocycles. The summed E-state index contributed by atoms with van der Waals surface area (Å²) in [6.07, 6.45) is 1.57. The number of aromatic nitrogens is 1. The Morgan fingerprint density at radius 1 is 1.45 bits per heavy atom. The van der Waals surface area contributed by atoms with Crippen molar-refractivity contribution in [2.75, 3.05) is 23.8 Å². The summed E-state index contributed by atoms with van der Waals surface area (Å²) in [7, 11) is 0. The number of pyridine rings is 1. The summed E-state index contributed by atoms with van der Waals surface area (Å²) in [4.78, 5) is 27.1. The highest BCUT2D eigenvalue weighted by molar-refractivity contribution is 5.96. The number of carbonyl (C=O) groups excluding carboxylic acids is 2. The van der Waals surface area contributed by atoms with Crippen molar-refractivity contribution in [1.29, 1.82) is 0 Å². The Morgan fingerprint density at radius 2 is 2.20 bits per heavy atom. The van der Waals surface area contributed by atoms with Gasteiger partial charge >= 0.3 is 0 Å². The van der Waals surface area contributed by atoms with Gasteiger partial charge in [-0.3, -0.25) is 9.59 Å². The fraction of sp³-hybridized carbons (Fsp3) is 0.500.